The molecule has 0 saturated carbocycles. The number of thiophene rings is 1. The monoisotopic (exact) mass is 320 g/mol. The Morgan fingerprint density at radius 3 is 2.68 bits per heavy atom. The van der Waals surface area contributed by atoms with E-state index in [1.807, 2.05) is 4.90 Å². The lowest BCUT2D eigenvalue weighted by Gasteiger charge is -2.29. The second-order valence-electron chi connectivity index (χ2n) is 5.70. The fraction of sp³-hybridized carbons (Fsp3) is 0.625. The molecule has 2 rings (SSSR count). The Balaban J connectivity index is 2.01. The maximum atomic E-state index is 12.4. The molecule has 2 heterocycles. The van der Waals surface area contributed by atoms with Crippen molar-refractivity contribution in [1.29, 1.82) is 5.26 Å². The maximum absolute atomic E-state index is 12.4. The Kier molecular flexibility index (Phi) is 5.81. The number of anilines is 1. The third kappa shape index (κ3) is 3.60. The van der Waals surface area contributed by atoms with Crippen molar-refractivity contribution >= 4 is 22.2 Å². The van der Waals surface area contributed by atoms with Crippen molar-refractivity contribution in [2.24, 2.45) is 0 Å². The van der Waals surface area contributed by atoms with Gasteiger partial charge in [-0.05, 0) is 24.8 Å². The fourth-order valence-electron chi connectivity index (χ4n) is 2.93. The standard InChI is InChI=1S/C16H24N4OS/c1-3-6-20(7-4-2)15(21)11-19-8-5-12-13(9-17)16(18)22-14(12)10-19/h3-8,10-11,18H2,1-2H3. The largest absolute Gasteiger partial charge is 0.389 e. The number of amides is 1. The highest BCUT2D eigenvalue weighted by Crippen LogP contribution is 2.34. The molecule has 1 aliphatic rings. The molecule has 1 amide bonds. The fourth-order valence-corrected chi connectivity index (χ4v) is 4.04. The number of nitriles is 1. The quantitative estimate of drug-likeness (QED) is 0.872. The first-order valence-electron chi connectivity index (χ1n) is 7.90. The smallest absolute Gasteiger partial charge is 0.236 e. The van der Waals surface area contributed by atoms with Crippen LogP contribution in [0.1, 0.15) is 42.7 Å². The topological polar surface area (TPSA) is 73.4 Å². The number of carbonyl (C=O) groups is 1. The first-order valence-corrected chi connectivity index (χ1v) is 8.72. The molecule has 0 atom stereocenters. The maximum Gasteiger partial charge on any atom is 0.236 e. The first-order chi connectivity index (χ1) is 10.6. The van der Waals surface area contributed by atoms with Crippen molar-refractivity contribution < 1.29 is 4.79 Å². The third-order valence-corrected chi connectivity index (χ3v) is 5.02. The van der Waals surface area contributed by atoms with E-state index >= 15 is 0 Å². The SMILES string of the molecule is CCCN(CCC)C(=O)CN1CCc2c(sc(N)c2C#N)C1. The van der Waals surface area contributed by atoms with Crippen molar-refractivity contribution in [1.82, 2.24) is 9.80 Å². The molecule has 0 radical (unpaired) electrons. The molecule has 1 aliphatic heterocycles. The van der Waals surface area contributed by atoms with Gasteiger partial charge in [-0.25, -0.2) is 0 Å². The van der Waals surface area contributed by atoms with Crippen LogP contribution in [0.4, 0.5) is 5.00 Å². The highest BCUT2D eigenvalue weighted by atomic mass is 32.1. The lowest BCUT2D eigenvalue weighted by Crippen LogP contribution is -2.42. The van der Waals surface area contributed by atoms with Gasteiger partial charge < -0.3 is 10.6 Å². The molecule has 6 heteroatoms. The minimum Gasteiger partial charge on any atom is -0.389 e. The number of nitrogens with zero attached hydrogens (tertiary/aromatic N) is 3. The van der Waals surface area contributed by atoms with Crippen molar-refractivity contribution in [3.63, 3.8) is 0 Å². The minimum atomic E-state index is 0.206. The lowest BCUT2D eigenvalue weighted by atomic mass is 10.0. The molecular weight excluding hydrogens is 296 g/mol. The van der Waals surface area contributed by atoms with Crippen LogP contribution in [-0.2, 0) is 17.8 Å². The summed E-state index contributed by atoms with van der Waals surface area (Å²) in [5, 5.41) is 9.78. The number of carbonyl (C=O) groups excluding carboxylic acids is 1. The van der Waals surface area contributed by atoms with E-state index in [4.69, 9.17) is 11.0 Å². The van der Waals surface area contributed by atoms with Crippen LogP contribution >= 0.6 is 11.3 Å². The van der Waals surface area contributed by atoms with Gasteiger partial charge in [0.25, 0.3) is 0 Å². The summed E-state index contributed by atoms with van der Waals surface area (Å²) in [6.07, 6.45) is 2.78. The molecule has 1 aromatic heterocycles. The van der Waals surface area contributed by atoms with Gasteiger partial charge in [-0.3, -0.25) is 9.69 Å². The summed E-state index contributed by atoms with van der Waals surface area (Å²) in [6.45, 7) is 7.85. The normalized spacial score (nSPS) is 14.4. The van der Waals surface area contributed by atoms with E-state index in [0.717, 1.165) is 55.9 Å². The summed E-state index contributed by atoms with van der Waals surface area (Å²) in [7, 11) is 0. The number of rotatable bonds is 6. The molecule has 0 unspecified atom stereocenters. The average molecular weight is 320 g/mol. The Morgan fingerprint density at radius 2 is 2.09 bits per heavy atom. The van der Waals surface area contributed by atoms with Gasteiger partial charge in [0.2, 0.25) is 5.91 Å². The van der Waals surface area contributed by atoms with Gasteiger partial charge in [-0.2, -0.15) is 5.26 Å². The molecule has 0 bridgehead atoms. The van der Waals surface area contributed by atoms with Gasteiger partial charge >= 0.3 is 0 Å². The van der Waals surface area contributed by atoms with Gasteiger partial charge in [-0.1, -0.05) is 13.8 Å². The number of hydrogen-bond acceptors (Lipinski definition) is 5. The summed E-state index contributed by atoms with van der Waals surface area (Å²) < 4.78 is 0. The van der Waals surface area contributed by atoms with E-state index in [1.165, 1.54) is 11.3 Å². The van der Waals surface area contributed by atoms with Crippen LogP contribution in [0.2, 0.25) is 0 Å². The Morgan fingerprint density at radius 1 is 1.41 bits per heavy atom. The summed E-state index contributed by atoms with van der Waals surface area (Å²) >= 11 is 1.49. The second-order valence-corrected chi connectivity index (χ2v) is 6.83. The highest BCUT2D eigenvalue weighted by Gasteiger charge is 2.25. The highest BCUT2D eigenvalue weighted by molar-refractivity contribution is 7.16. The number of fused-ring (bicyclic) bond motifs is 1. The number of nitrogen functional groups attached to an aromatic ring is 1. The summed E-state index contributed by atoms with van der Waals surface area (Å²) in [5.41, 5.74) is 7.64. The Bertz CT molecular complexity index is 569. The molecule has 0 aliphatic carbocycles. The van der Waals surface area contributed by atoms with Gasteiger partial charge in [0.05, 0.1) is 12.1 Å². The molecule has 0 saturated heterocycles. The van der Waals surface area contributed by atoms with Crippen LogP contribution in [-0.4, -0.2) is 41.9 Å². The molecule has 0 aromatic carbocycles. The third-order valence-electron chi connectivity index (χ3n) is 3.97. The zero-order chi connectivity index (χ0) is 16.1. The zero-order valence-corrected chi connectivity index (χ0v) is 14.2. The van der Waals surface area contributed by atoms with Crippen molar-refractivity contribution in [3.8, 4) is 6.07 Å². The number of hydrogen-bond donors (Lipinski definition) is 1. The van der Waals surface area contributed by atoms with Crippen LogP contribution in [0, 0.1) is 11.3 Å². The van der Waals surface area contributed by atoms with Gasteiger partial charge in [-0.15, -0.1) is 11.3 Å². The molecule has 120 valence electrons. The molecule has 1 aromatic rings. The van der Waals surface area contributed by atoms with Gasteiger partial charge in [0, 0.05) is 31.1 Å². The molecule has 22 heavy (non-hydrogen) atoms. The van der Waals surface area contributed by atoms with Crippen LogP contribution in [0.5, 0.6) is 0 Å². The molecule has 0 spiro atoms. The lowest BCUT2D eigenvalue weighted by molar-refractivity contribution is -0.132. The predicted octanol–water partition coefficient (Wildman–Crippen LogP) is 2.21. The van der Waals surface area contributed by atoms with Crippen LogP contribution < -0.4 is 5.73 Å². The predicted molar refractivity (Wildman–Crippen MR) is 89.6 cm³/mol. The van der Waals surface area contributed by atoms with Crippen LogP contribution in [0.25, 0.3) is 0 Å². The number of nitrogens with two attached hydrogens (primary N) is 1. The van der Waals surface area contributed by atoms with E-state index in [2.05, 4.69) is 24.8 Å². The minimum absolute atomic E-state index is 0.206. The van der Waals surface area contributed by atoms with Crippen LogP contribution in [0.15, 0.2) is 0 Å². The molecule has 0 fully saturated rings. The average Bonchev–Trinajstić information content (AvgIpc) is 2.81. The molecule has 2 N–H and O–H groups in total. The Labute approximate surface area is 136 Å². The Hall–Kier alpha value is -1.58. The van der Waals surface area contributed by atoms with E-state index in [9.17, 15) is 4.79 Å². The molecular formula is C16H24N4OS. The second kappa shape index (κ2) is 7.61. The van der Waals surface area contributed by atoms with Gasteiger partial charge in [0.1, 0.15) is 11.1 Å². The van der Waals surface area contributed by atoms with Crippen molar-refractivity contribution in [3.05, 3.63) is 16.0 Å². The summed E-state index contributed by atoms with van der Waals surface area (Å²) in [5.74, 6) is 0.206. The van der Waals surface area contributed by atoms with Crippen LogP contribution in [0.3, 0.4) is 0 Å². The van der Waals surface area contributed by atoms with E-state index in [0.29, 0.717) is 17.1 Å². The van der Waals surface area contributed by atoms with E-state index in [-0.39, 0.29) is 5.91 Å². The zero-order valence-electron chi connectivity index (χ0n) is 13.4. The van der Waals surface area contributed by atoms with E-state index < -0.39 is 0 Å². The van der Waals surface area contributed by atoms with Gasteiger partial charge in [0.15, 0.2) is 0 Å². The first kappa shape index (κ1) is 16.8. The van der Waals surface area contributed by atoms with Crippen molar-refractivity contribution in [2.45, 2.75) is 39.7 Å². The summed E-state index contributed by atoms with van der Waals surface area (Å²) in [4.78, 5) is 17.7. The molecule has 5 nitrogen and oxygen atoms in total. The van der Waals surface area contributed by atoms with E-state index in [1.54, 1.807) is 0 Å². The summed E-state index contributed by atoms with van der Waals surface area (Å²) in [6, 6.07) is 2.20. The van der Waals surface area contributed by atoms with Crippen molar-refractivity contribution in [2.75, 3.05) is 31.9 Å².